The van der Waals surface area contributed by atoms with Crippen molar-refractivity contribution >= 4 is 12.4 Å². The van der Waals surface area contributed by atoms with E-state index in [0.717, 1.165) is 6.07 Å². The van der Waals surface area contributed by atoms with Crippen molar-refractivity contribution in [1.29, 1.82) is 0 Å². The molecule has 0 aromatic heterocycles. The first kappa shape index (κ1) is 11.0. The third-order valence-electron chi connectivity index (χ3n) is 2.81. The van der Waals surface area contributed by atoms with E-state index in [4.69, 9.17) is 5.48 Å². The molecule has 1 amide bonds. The SMILES string of the molecule is [2H]c1cccc(C([2H])([2H])OC(=O)N(F)[C@H](C=O)Cc2ccccc2)c1[2H]. The summed E-state index contributed by atoms with van der Waals surface area (Å²) in [5, 5.41) is -0.480. The number of hydrogen-bond acceptors (Lipinski definition) is 3. The third kappa shape index (κ3) is 4.41. The van der Waals surface area contributed by atoms with Gasteiger partial charge in [0.2, 0.25) is 0 Å². The standard InChI is InChI=1S/C17H16FNO3/c18-19(16(12-20)11-14-7-3-1-4-8-14)17(21)22-13-15-9-5-2-6-10-15/h1-10,12,16H,11,13H2/t16-/m0/s1/i5D,9D,13D2. The molecule has 2 aromatic rings. The number of halogens is 1. The summed E-state index contributed by atoms with van der Waals surface area (Å²) in [6.07, 6.45) is -1.58. The Kier molecular flexibility index (Phi) is 3.95. The summed E-state index contributed by atoms with van der Waals surface area (Å²) in [4.78, 5) is 23.1. The van der Waals surface area contributed by atoms with Gasteiger partial charge in [-0.2, -0.15) is 0 Å². The maximum atomic E-state index is 14.2. The second kappa shape index (κ2) is 7.93. The molecule has 0 radical (unpaired) electrons. The molecule has 0 fully saturated rings. The lowest BCUT2D eigenvalue weighted by molar-refractivity contribution is -0.118. The highest BCUT2D eigenvalue weighted by Crippen LogP contribution is 2.11. The quantitative estimate of drug-likeness (QED) is 0.607. The Hall–Kier alpha value is -2.69. The van der Waals surface area contributed by atoms with Crippen LogP contribution in [0.2, 0.25) is 0 Å². The number of carbonyl (C=O) groups excluding carboxylic acids is 2. The van der Waals surface area contributed by atoms with Gasteiger partial charge in [-0.3, -0.25) is 0 Å². The largest absolute Gasteiger partial charge is 0.443 e. The van der Waals surface area contributed by atoms with Crippen molar-refractivity contribution in [3.63, 3.8) is 0 Å². The molecule has 5 heteroatoms. The van der Waals surface area contributed by atoms with Crippen LogP contribution in [0.5, 0.6) is 0 Å². The zero-order valence-corrected chi connectivity index (χ0v) is 11.5. The predicted molar refractivity (Wildman–Crippen MR) is 79.6 cm³/mol. The molecule has 0 spiro atoms. The molecule has 0 bridgehead atoms. The van der Waals surface area contributed by atoms with Crippen LogP contribution in [0.1, 0.15) is 16.6 Å². The van der Waals surface area contributed by atoms with Crippen LogP contribution in [-0.4, -0.2) is 23.5 Å². The highest BCUT2D eigenvalue weighted by atomic mass is 19.2. The number of benzene rings is 2. The van der Waals surface area contributed by atoms with Crippen molar-refractivity contribution in [3.8, 4) is 0 Å². The summed E-state index contributed by atoms with van der Waals surface area (Å²) in [6.45, 7) is -2.84. The molecule has 0 aliphatic carbocycles. The number of amides is 1. The van der Waals surface area contributed by atoms with Crippen molar-refractivity contribution in [2.45, 2.75) is 19.0 Å². The summed E-state index contributed by atoms with van der Waals surface area (Å²) >= 11 is 0. The van der Waals surface area contributed by atoms with Crippen molar-refractivity contribution < 1.29 is 24.3 Å². The molecule has 0 heterocycles. The molecule has 4 nitrogen and oxygen atoms in total. The number of aldehydes is 1. The first-order valence-corrected chi connectivity index (χ1v) is 6.50. The topological polar surface area (TPSA) is 46.6 Å². The second-order valence-corrected chi connectivity index (χ2v) is 4.38. The normalized spacial score (nSPS) is 14.8. The highest BCUT2D eigenvalue weighted by molar-refractivity contribution is 5.72. The maximum Gasteiger partial charge on any atom is 0.439 e. The van der Waals surface area contributed by atoms with E-state index < -0.39 is 35.4 Å². The van der Waals surface area contributed by atoms with E-state index in [-0.39, 0.29) is 18.7 Å². The predicted octanol–water partition coefficient (Wildman–Crippen LogP) is 3.32. The molecule has 0 unspecified atom stereocenters. The zero-order chi connectivity index (χ0) is 19.3. The van der Waals surface area contributed by atoms with Gasteiger partial charge in [-0.15, -0.1) is 5.12 Å². The summed E-state index contributed by atoms with van der Waals surface area (Å²) in [5.41, 5.74) is 0.218. The van der Waals surface area contributed by atoms with Crippen LogP contribution in [0.3, 0.4) is 0 Å². The fourth-order valence-electron chi connectivity index (χ4n) is 1.73. The van der Waals surface area contributed by atoms with Gasteiger partial charge in [-0.1, -0.05) is 65.1 Å². The summed E-state index contributed by atoms with van der Waals surface area (Å²) in [6, 6.07) is 9.96. The molecular formula is C17H16FNO3. The number of ether oxygens (including phenoxy) is 1. The van der Waals surface area contributed by atoms with E-state index in [1.54, 1.807) is 30.3 Å². The fraction of sp³-hybridized carbons (Fsp3) is 0.176. The molecule has 0 saturated heterocycles. The van der Waals surface area contributed by atoms with E-state index >= 15 is 0 Å². The van der Waals surface area contributed by atoms with Crippen LogP contribution in [0.25, 0.3) is 0 Å². The van der Waals surface area contributed by atoms with E-state index in [1.807, 2.05) is 0 Å². The van der Waals surface area contributed by atoms with Crippen LogP contribution in [0.15, 0.2) is 60.6 Å². The molecule has 0 N–H and O–H groups in total. The second-order valence-electron chi connectivity index (χ2n) is 4.38. The van der Waals surface area contributed by atoms with Gasteiger partial charge in [0.25, 0.3) is 0 Å². The Labute approximate surface area is 133 Å². The summed E-state index contributed by atoms with van der Waals surface area (Å²) in [5.74, 6) is 0. The molecule has 2 aromatic carbocycles. The van der Waals surface area contributed by atoms with E-state index in [0.29, 0.717) is 5.56 Å². The lowest BCUT2D eigenvalue weighted by Gasteiger charge is -2.18. The molecule has 0 aliphatic rings. The lowest BCUT2D eigenvalue weighted by Crippen LogP contribution is -2.36. The Bertz CT molecular complexity index is 789. The molecule has 1 atom stereocenters. The first-order valence-electron chi connectivity index (χ1n) is 8.50. The maximum absolute atomic E-state index is 14.2. The molecule has 2 rings (SSSR count). The van der Waals surface area contributed by atoms with Gasteiger partial charge in [0.05, 0.1) is 5.48 Å². The van der Waals surface area contributed by atoms with Gasteiger partial charge in [0.15, 0.2) is 0 Å². The summed E-state index contributed by atoms with van der Waals surface area (Å²) in [7, 11) is 0. The van der Waals surface area contributed by atoms with Crippen molar-refractivity contribution in [2.75, 3.05) is 0 Å². The minimum absolute atomic E-state index is 0.106. The highest BCUT2D eigenvalue weighted by Gasteiger charge is 2.25. The average molecular weight is 305 g/mol. The van der Waals surface area contributed by atoms with Crippen LogP contribution in [0, 0.1) is 0 Å². The minimum Gasteiger partial charge on any atom is -0.443 e. The van der Waals surface area contributed by atoms with Crippen LogP contribution < -0.4 is 0 Å². The first-order chi connectivity index (χ1) is 12.3. The minimum atomic E-state index is -2.84. The van der Waals surface area contributed by atoms with Gasteiger partial charge >= 0.3 is 6.09 Å². The van der Waals surface area contributed by atoms with E-state index in [1.165, 1.54) is 12.1 Å². The molecular weight excluding hydrogens is 285 g/mol. The molecule has 0 aliphatic heterocycles. The van der Waals surface area contributed by atoms with Crippen LogP contribution in [-0.2, 0) is 22.5 Å². The Morgan fingerprint density at radius 1 is 1.27 bits per heavy atom. The molecule has 22 heavy (non-hydrogen) atoms. The Balaban J connectivity index is 2.13. The number of rotatable bonds is 6. The smallest absolute Gasteiger partial charge is 0.439 e. The number of nitrogens with zero attached hydrogens (tertiary/aromatic N) is 1. The van der Waals surface area contributed by atoms with Crippen molar-refractivity contribution in [1.82, 2.24) is 5.12 Å². The zero-order valence-electron chi connectivity index (χ0n) is 15.5. The average Bonchev–Trinajstić information content (AvgIpc) is 2.61. The Morgan fingerprint density at radius 3 is 2.68 bits per heavy atom. The van der Waals surface area contributed by atoms with Gasteiger partial charge in [-0.25, -0.2) is 4.79 Å². The van der Waals surface area contributed by atoms with Crippen LogP contribution in [0.4, 0.5) is 9.28 Å². The van der Waals surface area contributed by atoms with Gasteiger partial charge < -0.3 is 9.53 Å². The molecule has 114 valence electrons. The van der Waals surface area contributed by atoms with Crippen LogP contribution >= 0.6 is 0 Å². The number of hydrogen-bond donors (Lipinski definition) is 0. The van der Waals surface area contributed by atoms with Crippen molar-refractivity contribution in [2.24, 2.45) is 0 Å². The van der Waals surface area contributed by atoms with Gasteiger partial charge in [-0.05, 0) is 11.1 Å². The molecule has 0 saturated carbocycles. The van der Waals surface area contributed by atoms with Gasteiger partial charge in [0, 0.05) is 6.42 Å². The third-order valence-corrected chi connectivity index (χ3v) is 2.81. The number of carbonyl (C=O) groups is 2. The van der Waals surface area contributed by atoms with Gasteiger partial charge in [0.1, 0.15) is 18.9 Å². The Morgan fingerprint density at radius 2 is 1.95 bits per heavy atom. The summed E-state index contributed by atoms with van der Waals surface area (Å²) < 4.78 is 49.5. The van der Waals surface area contributed by atoms with Crippen molar-refractivity contribution in [3.05, 3.63) is 71.7 Å². The fourth-order valence-corrected chi connectivity index (χ4v) is 1.73. The monoisotopic (exact) mass is 305 g/mol. The van der Waals surface area contributed by atoms with E-state index in [2.05, 4.69) is 4.74 Å². The lowest BCUT2D eigenvalue weighted by atomic mass is 10.1. The van der Waals surface area contributed by atoms with E-state index in [9.17, 15) is 14.1 Å².